The molecule has 4 rings (SSSR count). The van der Waals surface area contributed by atoms with Gasteiger partial charge in [-0.25, -0.2) is 0 Å². The van der Waals surface area contributed by atoms with E-state index in [4.69, 9.17) is 8.83 Å². The molecule has 0 aromatic carbocycles. The summed E-state index contributed by atoms with van der Waals surface area (Å²) < 4.78 is 12.3. The molecule has 0 fully saturated rings. The van der Waals surface area contributed by atoms with Crippen LogP contribution in [-0.4, -0.2) is 17.5 Å². The molecule has 0 saturated carbocycles. The molecule has 6 heteroatoms. The molecule has 0 saturated heterocycles. The average Bonchev–Trinajstić information content (AvgIpc) is 3.32. The molecule has 4 heterocycles. The first-order valence-electron chi connectivity index (χ1n) is 8.28. The van der Waals surface area contributed by atoms with E-state index < -0.39 is 6.04 Å². The van der Waals surface area contributed by atoms with Crippen LogP contribution in [0.25, 0.3) is 6.08 Å². The van der Waals surface area contributed by atoms with Crippen LogP contribution in [0.3, 0.4) is 0 Å². The molecular weight excluding hydrogens is 334 g/mol. The van der Waals surface area contributed by atoms with E-state index in [2.05, 4.69) is 0 Å². The monoisotopic (exact) mass is 351 g/mol. The summed E-state index contributed by atoms with van der Waals surface area (Å²) in [6, 6.07) is 8.08. The van der Waals surface area contributed by atoms with E-state index in [0.29, 0.717) is 34.8 Å². The van der Waals surface area contributed by atoms with Gasteiger partial charge >= 0.3 is 0 Å². The summed E-state index contributed by atoms with van der Waals surface area (Å²) in [5.74, 6) is 1.50. The maximum Gasteiger partial charge on any atom is 0.259 e. The molecule has 0 bridgehead atoms. The third-order valence-corrected chi connectivity index (χ3v) is 4.53. The molecule has 132 valence electrons. The maximum absolute atomic E-state index is 12.9. The van der Waals surface area contributed by atoms with Crippen LogP contribution in [0.15, 0.2) is 57.2 Å². The molecule has 1 unspecified atom stereocenters. The third kappa shape index (κ3) is 2.74. The fourth-order valence-corrected chi connectivity index (χ4v) is 3.25. The number of aromatic nitrogens is 1. The molecule has 0 aliphatic carbocycles. The summed E-state index contributed by atoms with van der Waals surface area (Å²) in [6.07, 6.45) is 4.86. The van der Waals surface area contributed by atoms with Crippen molar-refractivity contribution in [3.8, 4) is 5.75 Å². The van der Waals surface area contributed by atoms with E-state index in [1.165, 1.54) is 10.8 Å². The summed E-state index contributed by atoms with van der Waals surface area (Å²) in [5, 5.41) is 22.2. The summed E-state index contributed by atoms with van der Waals surface area (Å²) >= 11 is 0. The Balaban J connectivity index is 1.75. The highest BCUT2D eigenvalue weighted by Crippen LogP contribution is 2.29. The number of aryl methyl sites for hydroxylation is 1. The minimum atomic E-state index is -0.603. The van der Waals surface area contributed by atoms with Crippen LogP contribution in [0.5, 0.6) is 5.75 Å². The van der Waals surface area contributed by atoms with Gasteiger partial charge in [0.05, 0.1) is 11.8 Å². The second-order valence-electron chi connectivity index (χ2n) is 6.29. The number of Topliss-reactive ketones (excluding diaryl/α,β-unsaturated/α-hetero) is 1. The number of pyridine rings is 1. The number of carbonyl (C=O) groups excluding carboxylic acids is 1. The van der Waals surface area contributed by atoms with Gasteiger partial charge in [0.25, 0.3) is 11.5 Å². The molecule has 3 aromatic heterocycles. The lowest BCUT2D eigenvalue weighted by atomic mass is 10.0. The zero-order chi connectivity index (χ0) is 18.3. The van der Waals surface area contributed by atoms with Crippen molar-refractivity contribution in [2.45, 2.75) is 19.4 Å². The van der Waals surface area contributed by atoms with E-state index in [1.807, 2.05) is 6.92 Å². The van der Waals surface area contributed by atoms with Gasteiger partial charge in [-0.1, -0.05) is 0 Å². The molecule has 0 radical (unpaired) electrons. The number of rotatable bonds is 4. The number of aliphatic hydroxyl groups is 1. The average molecular weight is 351 g/mol. The minimum Gasteiger partial charge on any atom is -0.868 e. The second kappa shape index (κ2) is 6.31. The van der Waals surface area contributed by atoms with E-state index in [0.717, 1.165) is 5.76 Å². The predicted molar refractivity (Wildman–Crippen MR) is 89.5 cm³/mol. The largest absolute Gasteiger partial charge is 0.868 e. The Morgan fingerprint density at radius 2 is 2.19 bits per heavy atom. The lowest BCUT2D eigenvalue weighted by molar-refractivity contribution is -0.712. The number of nitrogens with zero attached hydrogens (tertiary/aromatic N) is 1. The first-order chi connectivity index (χ1) is 12.6. The Morgan fingerprint density at radius 1 is 1.35 bits per heavy atom. The lowest BCUT2D eigenvalue weighted by Gasteiger charge is -2.12. The smallest absolute Gasteiger partial charge is 0.259 e. The molecule has 0 spiro atoms. The van der Waals surface area contributed by atoms with Crippen molar-refractivity contribution in [3.05, 3.63) is 76.9 Å². The molecule has 1 aliphatic heterocycles. The fraction of sp³-hybridized carbons (Fsp3) is 0.200. The van der Waals surface area contributed by atoms with E-state index in [1.54, 1.807) is 42.7 Å². The van der Waals surface area contributed by atoms with Gasteiger partial charge in [-0.2, -0.15) is 4.57 Å². The normalized spacial score (nSPS) is 17.8. The quantitative estimate of drug-likeness (QED) is 0.573. The van der Waals surface area contributed by atoms with Gasteiger partial charge in [-0.3, -0.25) is 4.79 Å². The van der Waals surface area contributed by atoms with Crippen LogP contribution >= 0.6 is 0 Å². The van der Waals surface area contributed by atoms with Gasteiger partial charge in [-0.15, -0.1) is 0 Å². The fourth-order valence-electron chi connectivity index (χ4n) is 3.25. The van der Waals surface area contributed by atoms with Crippen LogP contribution < -0.4 is 9.67 Å². The van der Waals surface area contributed by atoms with Gasteiger partial charge in [0.15, 0.2) is 6.20 Å². The molecule has 6 nitrogen and oxygen atoms in total. The second-order valence-corrected chi connectivity index (χ2v) is 6.29. The van der Waals surface area contributed by atoms with Crippen LogP contribution in [-0.2, 0) is 6.42 Å². The van der Waals surface area contributed by atoms with Gasteiger partial charge in [-0.05, 0) is 48.6 Å². The molecule has 0 amide bonds. The number of carbonyl (C=O) groups is 1. The van der Waals surface area contributed by atoms with Crippen LogP contribution in [0.2, 0.25) is 0 Å². The zero-order valence-corrected chi connectivity index (χ0v) is 14.1. The zero-order valence-electron chi connectivity index (χ0n) is 14.1. The Bertz CT molecular complexity index is 997. The van der Waals surface area contributed by atoms with Gasteiger partial charge in [0.2, 0.25) is 6.04 Å². The number of hydrogen-bond donors (Lipinski definition) is 1. The van der Waals surface area contributed by atoms with Crippen LogP contribution in [0, 0.1) is 6.92 Å². The number of ketones is 1. The topological polar surface area (TPSA) is 90.5 Å². The summed E-state index contributed by atoms with van der Waals surface area (Å²) in [6.45, 7) is 1.53. The standard InChI is InChI=1S/C20H17NO5/c1-12-4-5-15(26-12)9-16-18(11-22)21-10-19(23)13(8-17(21)20(16)24)7-14-3-2-6-25-14/h2-6,8-10,18,22H,7,11H2,1H3/b16-9+. The van der Waals surface area contributed by atoms with Crippen molar-refractivity contribution in [2.75, 3.05) is 6.61 Å². The molecular formula is C20H17NO5. The lowest BCUT2D eigenvalue weighted by Crippen LogP contribution is -2.41. The highest BCUT2D eigenvalue weighted by Gasteiger charge is 2.42. The number of fused-ring (bicyclic) bond motifs is 1. The van der Waals surface area contributed by atoms with Crippen molar-refractivity contribution >= 4 is 11.9 Å². The minimum absolute atomic E-state index is 0.202. The van der Waals surface area contributed by atoms with Gasteiger partial charge < -0.3 is 19.0 Å². The molecule has 1 aliphatic rings. The van der Waals surface area contributed by atoms with E-state index in [-0.39, 0.29) is 18.1 Å². The summed E-state index contributed by atoms with van der Waals surface area (Å²) in [5.41, 5.74) is 1.25. The van der Waals surface area contributed by atoms with Crippen molar-refractivity contribution in [1.29, 1.82) is 0 Å². The van der Waals surface area contributed by atoms with Gasteiger partial charge in [0.1, 0.15) is 23.9 Å². The highest BCUT2D eigenvalue weighted by atomic mass is 16.3. The Kier molecular flexibility index (Phi) is 3.97. The Hall–Kier alpha value is -3.12. The van der Waals surface area contributed by atoms with Crippen molar-refractivity contribution < 1.29 is 28.4 Å². The van der Waals surface area contributed by atoms with Crippen molar-refractivity contribution in [1.82, 2.24) is 0 Å². The molecule has 1 N–H and O–H groups in total. The van der Waals surface area contributed by atoms with Gasteiger partial charge in [0, 0.05) is 12.5 Å². The molecule has 26 heavy (non-hydrogen) atoms. The first-order valence-corrected chi connectivity index (χ1v) is 8.28. The molecule has 3 aromatic rings. The summed E-state index contributed by atoms with van der Waals surface area (Å²) in [4.78, 5) is 12.9. The number of furan rings is 2. The Labute approximate surface area is 149 Å². The Morgan fingerprint density at radius 3 is 2.85 bits per heavy atom. The van der Waals surface area contributed by atoms with E-state index >= 15 is 0 Å². The first kappa shape index (κ1) is 16.4. The number of hydrogen-bond acceptors (Lipinski definition) is 5. The maximum atomic E-state index is 12.9. The predicted octanol–water partition coefficient (Wildman–Crippen LogP) is 1.95. The van der Waals surface area contributed by atoms with Crippen molar-refractivity contribution in [2.24, 2.45) is 0 Å². The third-order valence-electron chi connectivity index (χ3n) is 4.53. The van der Waals surface area contributed by atoms with E-state index in [9.17, 15) is 15.0 Å². The SMILES string of the molecule is Cc1ccc(/C=C2/C(=O)c3cc(Cc4ccco4)c([O-])c[n+]3C2CO)o1. The summed E-state index contributed by atoms with van der Waals surface area (Å²) in [7, 11) is 0. The van der Waals surface area contributed by atoms with Crippen molar-refractivity contribution in [3.63, 3.8) is 0 Å². The van der Waals surface area contributed by atoms with Crippen LogP contribution in [0.4, 0.5) is 0 Å². The number of aliphatic hydroxyl groups excluding tert-OH is 1. The molecule has 1 atom stereocenters. The van der Waals surface area contributed by atoms with Crippen LogP contribution in [0.1, 0.15) is 39.4 Å². The highest BCUT2D eigenvalue weighted by molar-refractivity contribution is 6.11.